The van der Waals surface area contributed by atoms with E-state index in [9.17, 15) is 0 Å². The molecule has 0 bridgehead atoms. The van der Waals surface area contributed by atoms with Gasteiger partial charge in [-0.15, -0.1) is 0 Å². The molecule has 1 heteroatoms. The molecule has 0 N–H and O–H groups in total. The zero-order valence-corrected chi connectivity index (χ0v) is 7.38. The molecule has 1 atom stereocenters. The minimum atomic E-state index is 0.723. The zero-order chi connectivity index (χ0) is 8.10. The third kappa shape index (κ3) is 2.41. The van der Waals surface area contributed by atoms with Crippen molar-refractivity contribution in [1.29, 1.82) is 0 Å². The van der Waals surface area contributed by atoms with Crippen LogP contribution >= 0.6 is 0 Å². The minimum absolute atomic E-state index is 0.723. The lowest BCUT2D eigenvalue weighted by Gasteiger charge is -2.08. The second-order valence-electron chi connectivity index (χ2n) is 3.10. The molecule has 0 aliphatic carbocycles. The molecule has 0 nitrogen and oxygen atoms in total. The fourth-order valence-corrected chi connectivity index (χ4v) is 1.38. The molecular weight excluding hydrogens is 131 g/mol. The lowest BCUT2D eigenvalue weighted by molar-refractivity contribution is 0.859. The van der Waals surface area contributed by atoms with Gasteiger partial charge >= 0.3 is 0 Å². The molecule has 1 unspecified atom stereocenters. The first-order valence-corrected chi connectivity index (χ1v) is 4.39. The van der Waals surface area contributed by atoms with Crippen molar-refractivity contribution in [1.82, 2.24) is 0 Å². The highest BCUT2D eigenvalue weighted by Crippen LogP contribution is 2.17. The van der Waals surface area contributed by atoms with E-state index in [0.717, 1.165) is 5.92 Å². The zero-order valence-electron chi connectivity index (χ0n) is 7.38. The van der Waals surface area contributed by atoms with Crippen LogP contribution in [-0.4, -0.2) is 7.28 Å². The second kappa shape index (κ2) is 4.22. The van der Waals surface area contributed by atoms with E-state index < -0.39 is 0 Å². The number of rotatable bonds is 3. The van der Waals surface area contributed by atoms with Gasteiger partial charge in [0.1, 0.15) is 7.28 Å². The molecule has 1 aromatic rings. The molecule has 11 heavy (non-hydrogen) atoms. The first-order valence-electron chi connectivity index (χ1n) is 4.39. The Hall–Kier alpha value is -0.715. The molecule has 0 radical (unpaired) electrons. The van der Waals surface area contributed by atoms with E-state index in [1.54, 1.807) is 0 Å². The highest BCUT2D eigenvalue weighted by atomic mass is 14.0. The quantitative estimate of drug-likeness (QED) is 0.575. The summed E-state index contributed by atoms with van der Waals surface area (Å²) in [6.07, 6.45) is 1.30. The van der Waals surface area contributed by atoms with Gasteiger partial charge in [-0.2, -0.15) is 0 Å². The van der Waals surface area contributed by atoms with Gasteiger partial charge in [0.05, 0.1) is 0 Å². The van der Waals surface area contributed by atoms with Crippen LogP contribution in [0.1, 0.15) is 18.4 Å². The first-order chi connectivity index (χ1) is 5.34. The smallest absolute Gasteiger partial charge is 0.0893 e. The molecule has 0 spiro atoms. The number of hydrogen-bond acceptors (Lipinski definition) is 0. The summed E-state index contributed by atoms with van der Waals surface area (Å²) in [7, 11) is 1.27. The van der Waals surface area contributed by atoms with E-state index in [0.29, 0.717) is 0 Å². The molecule has 0 amide bonds. The van der Waals surface area contributed by atoms with Gasteiger partial charge in [0.15, 0.2) is 0 Å². The van der Waals surface area contributed by atoms with Crippen molar-refractivity contribution >= 4 is 7.28 Å². The van der Waals surface area contributed by atoms with Crippen molar-refractivity contribution in [2.75, 3.05) is 0 Å². The fourth-order valence-electron chi connectivity index (χ4n) is 1.38. The van der Waals surface area contributed by atoms with Gasteiger partial charge in [0.2, 0.25) is 0 Å². The predicted octanol–water partition coefficient (Wildman–Crippen LogP) is 2.69. The molecule has 1 rings (SSSR count). The van der Waals surface area contributed by atoms with Crippen LogP contribution in [0.3, 0.4) is 0 Å². The lowest BCUT2D eigenvalue weighted by Crippen LogP contribution is -1.94. The van der Waals surface area contributed by atoms with Gasteiger partial charge in [-0.25, -0.2) is 0 Å². The largest absolute Gasteiger partial charge is 0.118 e. The Kier molecular flexibility index (Phi) is 3.22. The van der Waals surface area contributed by atoms with Gasteiger partial charge in [-0.1, -0.05) is 50.4 Å². The molecule has 0 aliphatic heterocycles. The molecule has 0 saturated heterocycles. The fraction of sp³-hybridized carbons (Fsp3) is 0.400. The van der Waals surface area contributed by atoms with E-state index in [4.69, 9.17) is 0 Å². The van der Waals surface area contributed by atoms with Gasteiger partial charge in [0, 0.05) is 0 Å². The van der Waals surface area contributed by atoms with Crippen LogP contribution in [0, 0.1) is 0 Å². The molecule has 1 aromatic carbocycles. The van der Waals surface area contributed by atoms with Gasteiger partial charge in [-0.3, -0.25) is 0 Å². The van der Waals surface area contributed by atoms with Gasteiger partial charge in [-0.05, 0) is 11.5 Å². The third-order valence-electron chi connectivity index (χ3n) is 2.09. The van der Waals surface area contributed by atoms with Crippen molar-refractivity contribution in [3.05, 3.63) is 35.9 Å². The molecule has 0 aliphatic rings. The van der Waals surface area contributed by atoms with Crippen molar-refractivity contribution < 1.29 is 0 Å². The average Bonchev–Trinajstić information content (AvgIpc) is 2.07. The molecule has 0 aromatic heterocycles. The summed E-state index contributed by atoms with van der Waals surface area (Å²) in [4.78, 5) is 0. The Morgan fingerprint density at radius 1 is 1.27 bits per heavy atom. The van der Waals surface area contributed by atoms with E-state index in [1.807, 2.05) is 0 Å². The monoisotopic (exact) mass is 146 g/mol. The Morgan fingerprint density at radius 2 is 1.91 bits per heavy atom. The Balaban J connectivity index is 2.61. The van der Waals surface area contributed by atoms with Crippen LogP contribution < -0.4 is 0 Å². The summed E-state index contributed by atoms with van der Waals surface area (Å²) in [5, 5.41) is 0. The second-order valence-corrected chi connectivity index (χ2v) is 3.10. The van der Waals surface area contributed by atoms with Crippen LogP contribution in [0.2, 0.25) is 13.1 Å². The summed E-state index contributed by atoms with van der Waals surface area (Å²) in [5.74, 6) is 0.723. The number of benzene rings is 1. The predicted molar refractivity (Wildman–Crippen MR) is 52.7 cm³/mol. The summed E-state index contributed by atoms with van der Waals surface area (Å²) >= 11 is 0. The van der Waals surface area contributed by atoms with Gasteiger partial charge < -0.3 is 0 Å². The highest BCUT2D eigenvalue weighted by Gasteiger charge is 2.01. The Bertz CT molecular complexity index is 193. The van der Waals surface area contributed by atoms with Gasteiger partial charge in [0.25, 0.3) is 0 Å². The first kappa shape index (κ1) is 8.38. The Labute approximate surface area is 69.9 Å². The van der Waals surface area contributed by atoms with Crippen molar-refractivity contribution in [3.8, 4) is 0 Å². The topological polar surface area (TPSA) is 0 Å². The number of hydrogen-bond donors (Lipinski definition) is 0. The van der Waals surface area contributed by atoms with Crippen molar-refractivity contribution in [2.24, 2.45) is 0 Å². The standard InChI is InChI=1S/C10H15B/c1-9(8-11-2)10-6-4-3-5-7-10/h3-7,9,11H,8H2,1-2H3. The summed E-state index contributed by atoms with van der Waals surface area (Å²) in [6, 6.07) is 10.7. The van der Waals surface area contributed by atoms with E-state index >= 15 is 0 Å². The molecular formula is C10H15B. The molecule has 0 heterocycles. The van der Waals surface area contributed by atoms with E-state index in [2.05, 4.69) is 44.1 Å². The van der Waals surface area contributed by atoms with Crippen molar-refractivity contribution in [3.63, 3.8) is 0 Å². The van der Waals surface area contributed by atoms with Crippen LogP contribution in [0.15, 0.2) is 30.3 Å². The average molecular weight is 146 g/mol. The maximum atomic E-state index is 2.29. The van der Waals surface area contributed by atoms with E-state index in [-0.39, 0.29) is 0 Å². The maximum Gasteiger partial charge on any atom is 0.118 e. The minimum Gasteiger partial charge on any atom is -0.0893 e. The van der Waals surface area contributed by atoms with Crippen LogP contribution in [0.25, 0.3) is 0 Å². The van der Waals surface area contributed by atoms with Crippen LogP contribution in [0.4, 0.5) is 0 Å². The summed E-state index contributed by atoms with van der Waals surface area (Å²) < 4.78 is 0. The summed E-state index contributed by atoms with van der Waals surface area (Å²) in [5.41, 5.74) is 1.47. The van der Waals surface area contributed by atoms with Crippen molar-refractivity contribution in [2.45, 2.75) is 26.0 Å². The SMILES string of the molecule is CBCC(C)c1ccccc1. The van der Waals surface area contributed by atoms with Crippen LogP contribution in [-0.2, 0) is 0 Å². The third-order valence-corrected chi connectivity index (χ3v) is 2.09. The lowest BCUT2D eigenvalue weighted by atomic mass is 9.71. The molecule has 0 fully saturated rings. The van der Waals surface area contributed by atoms with E-state index in [1.165, 1.54) is 19.2 Å². The maximum absolute atomic E-state index is 2.29. The van der Waals surface area contributed by atoms with Crippen LogP contribution in [0.5, 0.6) is 0 Å². The molecule has 58 valence electrons. The molecule has 0 saturated carbocycles. The normalized spacial score (nSPS) is 12.5. The highest BCUT2D eigenvalue weighted by molar-refractivity contribution is 6.33. The Morgan fingerprint density at radius 3 is 2.45 bits per heavy atom. The summed E-state index contributed by atoms with van der Waals surface area (Å²) in [6.45, 7) is 4.53.